The van der Waals surface area contributed by atoms with Gasteiger partial charge in [0.25, 0.3) is 5.56 Å². The number of hydrogen-bond donors (Lipinski definition) is 1. The van der Waals surface area contributed by atoms with Crippen molar-refractivity contribution in [1.29, 1.82) is 5.26 Å². The number of aliphatic imine (C=N–C) groups is 1. The summed E-state index contributed by atoms with van der Waals surface area (Å²) in [7, 11) is 1.62. The van der Waals surface area contributed by atoms with Crippen molar-refractivity contribution in [2.24, 2.45) is 10.4 Å². The number of thiophene rings is 1. The van der Waals surface area contributed by atoms with Crippen molar-refractivity contribution < 1.29 is 4.74 Å². The number of ether oxygens (including phenoxy) is 1. The Kier molecular flexibility index (Phi) is 5.34. The van der Waals surface area contributed by atoms with Gasteiger partial charge in [0.1, 0.15) is 4.83 Å². The molecule has 0 aromatic carbocycles. The van der Waals surface area contributed by atoms with Crippen LogP contribution in [0.4, 0.5) is 0 Å². The van der Waals surface area contributed by atoms with Gasteiger partial charge < -0.3 is 9.64 Å². The molecule has 0 atom stereocenters. The van der Waals surface area contributed by atoms with E-state index in [1.165, 1.54) is 35.2 Å². The number of nitrogens with zero attached hydrogens (tertiary/aromatic N) is 5. The number of guanidine groups is 1. The minimum absolute atomic E-state index is 0.00612. The van der Waals surface area contributed by atoms with E-state index in [9.17, 15) is 9.59 Å². The first kappa shape index (κ1) is 21.2. The van der Waals surface area contributed by atoms with E-state index in [0.29, 0.717) is 54.4 Å². The second kappa shape index (κ2) is 8.05. The lowest BCUT2D eigenvalue weighted by molar-refractivity contribution is -0.0205. The quantitative estimate of drug-likeness (QED) is 0.526. The zero-order valence-electron chi connectivity index (χ0n) is 18.5. The van der Waals surface area contributed by atoms with Gasteiger partial charge in [-0.1, -0.05) is 6.42 Å². The van der Waals surface area contributed by atoms with Gasteiger partial charge in [0.2, 0.25) is 5.96 Å². The number of rotatable bonds is 6. The maximum Gasteiger partial charge on any atom is 0.332 e. The van der Waals surface area contributed by atoms with E-state index in [0.717, 1.165) is 23.3 Å². The lowest BCUT2D eigenvalue weighted by Crippen LogP contribution is -2.51. The lowest BCUT2D eigenvalue weighted by atomic mass is 9.54. The van der Waals surface area contributed by atoms with Crippen molar-refractivity contribution in [1.82, 2.24) is 19.4 Å². The monoisotopic (exact) mass is 456 g/mol. The number of nitrogens with one attached hydrogen (secondary N) is 1. The molecule has 0 unspecified atom stereocenters. The highest BCUT2D eigenvalue weighted by Gasteiger charge is 2.49. The molecule has 1 aliphatic heterocycles. The van der Waals surface area contributed by atoms with Crippen LogP contribution in [0.3, 0.4) is 0 Å². The molecule has 170 valence electrons. The van der Waals surface area contributed by atoms with E-state index in [2.05, 4.69) is 10.3 Å². The summed E-state index contributed by atoms with van der Waals surface area (Å²) in [4.78, 5) is 35.1. The Morgan fingerprint density at radius 1 is 1.34 bits per heavy atom. The molecule has 2 aliphatic carbocycles. The largest absolute Gasteiger partial charge is 0.383 e. The first-order chi connectivity index (χ1) is 15.5. The number of aryl methyl sites for hydroxylation is 1. The summed E-state index contributed by atoms with van der Waals surface area (Å²) in [6, 6.07) is -0.00612. The number of nitriles is 1. The predicted molar refractivity (Wildman–Crippen MR) is 123 cm³/mol. The van der Waals surface area contributed by atoms with E-state index in [4.69, 9.17) is 10.00 Å². The highest BCUT2D eigenvalue weighted by molar-refractivity contribution is 7.18. The topological polar surface area (TPSA) is 105 Å². The van der Waals surface area contributed by atoms with Crippen molar-refractivity contribution in [2.45, 2.75) is 58.2 Å². The molecular weight excluding hydrogens is 428 g/mol. The van der Waals surface area contributed by atoms with Crippen LogP contribution >= 0.6 is 11.3 Å². The van der Waals surface area contributed by atoms with Gasteiger partial charge in [0, 0.05) is 24.6 Å². The maximum absolute atomic E-state index is 13.6. The van der Waals surface area contributed by atoms with E-state index in [1.807, 2.05) is 18.0 Å². The van der Waals surface area contributed by atoms with Crippen molar-refractivity contribution in [3.05, 3.63) is 31.3 Å². The van der Waals surface area contributed by atoms with Gasteiger partial charge in [-0.15, -0.1) is 11.3 Å². The summed E-state index contributed by atoms with van der Waals surface area (Å²) in [5.74, 6) is 0.554. The zero-order chi connectivity index (χ0) is 22.5. The summed E-state index contributed by atoms with van der Waals surface area (Å²) in [6.07, 6.45) is 7.49. The van der Waals surface area contributed by atoms with Crippen LogP contribution in [0.15, 0.2) is 14.6 Å². The average Bonchev–Trinajstić information content (AvgIpc) is 3.27. The number of hydrogen-bond acceptors (Lipinski definition) is 8. The van der Waals surface area contributed by atoms with Crippen LogP contribution in [0.1, 0.15) is 48.6 Å². The highest BCUT2D eigenvalue weighted by Crippen LogP contribution is 2.59. The Bertz CT molecular complexity index is 1240. The van der Waals surface area contributed by atoms with Crippen LogP contribution in [0, 0.1) is 23.8 Å². The van der Waals surface area contributed by atoms with Crippen LogP contribution < -0.4 is 16.6 Å². The summed E-state index contributed by atoms with van der Waals surface area (Å²) in [6.45, 7) is 4.66. The Balaban J connectivity index is 1.57. The minimum atomic E-state index is -0.221. The average molecular weight is 457 g/mol. The summed E-state index contributed by atoms with van der Waals surface area (Å²) in [5, 5.41) is 12.2. The Labute approximate surface area is 189 Å². The van der Waals surface area contributed by atoms with E-state index < -0.39 is 0 Å². The molecule has 1 spiro atoms. The van der Waals surface area contributed by atoms with Crippen LogP contribution in [-0.4, -0.2) is 46.8 Å². The number of aromatic nitrogens is 2. The molecule has 0 radical (unpaired) electrons. The lowest BCUT2D eigenvalue weighted by Gasteiger charge is -2.54. The van der Waals surface area contributed by atoms with Gasteiger partial charge in [-0.2, -0.15) is 5.26 Å². The fourth-order valence-electron chi connectivity index (χ4n) is 5.45. The molecule has 2 saturated carbocycles. The molecular formula is C22H28N6O3S. The fourth-order valence-corrected chi connectivity index (χ4v) is 6.78. The van der Waals surface area contributed by atoms with Crippen molar-refractivity contribution in [3.63, 3.8) is 0 Å². The molecule has 1 N–H and O–H groups in total. The smallest absolute Gasteiger partial charge is 0.332 e. The minimum Gasteiger partial charge on any atom is -0.383 e. The normalized spacial score (nSPS) is 19.7. The molecule has 2 aromatic heterocycles. The standard InChI is InChI=1S/C22H28N6O3S/c1-14-16(12-26-7-6-24-20(26)25-13-23)32-19-17(14)18(29)28(21(30)27(19)8-9-31-2)15-10-22(11-15)4-3-5-22/h15H,3-12H2,1-2H3,(H,24,25). The number of fused-ring (bicyclic) bond motifs is 1. The molecule has 3 aliphatic rings. The third-order valence-corrected chi connectivity index (χ3v) is 8.71. The fraction of sp³-hybridized carbons (Fsp3) is 0.636. The van der Waals surface area contributed by atoms with Crippen LogP contribution in [0.5, 0.6) is 0 Å². The van der Waals surface area contributed by atoms with Gasteiger partial charge in [0.15, 0.2) is 6.19 Å². The second-order valence-electron chi connectivity index (χ2n) is 9.21. The first-order valence-electron chi connectivity index (χ1n) is 11.2. The maximum atomic E-state index is 13.6. The van der Waals surface area contributed by atoms with Crippen LogP contribution in [0.2, 0.25) is 0 Å². The molecule has 10 heteroatoms. The molecule has 9 nitrogen and oxygen atoms in total. The Morgan fingerprint density at radius 3 is 2.78 bits per heavy atom. The molecule has 0 amide bonds. The van der Waals surface area contributed by atoms with Crippen molar-refractivity contribution in [3.8, 4) is 6.19 Å². The molecule has 2 aromatic rings. The summed E-state index contributed by atoms with van der Waals surface area (Å²) in [5.41, 5.74) is 0.900. The SMILES string of the molecule is COCCn1c(=O)n(C2CC3(CCC3)C2)c(=O)c2c(C)c(CN3CCN=C3NC#N)sc21. The van der Waals surface area contributed by atoms with E-state index >= 15 is 0 Å². The predicted octanol–water partition coefficient (Wildman–Crippen LogP) is 1.93. The first-order valence-corrected chi connectivity index (χ1v) is 12.0. The van der Waals surface area contributed by atoms with Gasteiger partial charge in [-0.3, -0.25) is 24.2 Å². The molecule has 0 saturated heterocycles. The summed E-state index contributed by atoms with van der Waals surface area (Å²) < 4.78 is 8.50. The molecule has 32 heavy (non-hydrogen) atoms. The van der Waals surface area contributed by atoms with Gasteiger partial charge in [-0.25, -0.2) is 4.79 Å². The third kappa shape index (κ3) is 3.26. The van der Waals surface area contributed by atoms with Crippen LogP contribution in [-0.2, 0) is 17.8 Å². The number of methoxy groups -OCH3 is 1. The highest BCUT2D eigenvalue weighted by atomic mass is 32.1. The summed E-state index contributed by atoms with van der Waals surface area (Å²) >= 11 is 1.48. The molecule has 5 rings (SSSR count). The third-order valence-electron chi connectivity index (χ3n) is 7.41. The van der Waals surface area contributed by atoms with E-state index in [1.54, 1.807) is 11.7 Å². The van der Waals surface area contributed by atoms with Crippen molar-refractivity contribution in [2.75, 3.05) is 26.8 Å². The Morgan fingerprint density at radius 2 is 2.12 bits per heavy atom. The second-order valence-corrected chi connectivity index (χ2v) is 10.3. The van der Waals surface area contributed by atoms with Gasteiger partial charge in [0.05, 0.1) is 31.6 Å². The Hall–Kier alpha value is -2.64. The van der Waals surface area contributed by atoms with Gasteiger partial charge in [-0.05, 0) is 43.6 Å². The molecule has 0 bridgehead atoms. The van der Waals surface area contributed by atoms with Crippen molar-refractivity contribution >= 4 is 27.5 Å². The molecule has 3 heterocycles. The zero-order valence-corrected chi connectivity index (χ0v) is 19.3. The molecule has 2 fully saturated rings. The van der Waals surface area contributed by atoms with Gasteiger partial charge >= 0.3 is 5.69 Å². The van der Waals surface area contributed by atoms with E-state index in [-0.39, 0.29) is 17.3 Å². The van der Waals surface area contributed by atoms with Crippen LogP contribution in [0.25, 0.3) is 10.2 Å².